The molecule has 0 aliphatic rings. The first-order chi connectivity index (χ1) is 13.1. The Balaban J connectivity index is 1.38. The number of hydrogen-bond donors (Lipinski definition) is 1. The number of benzene rings is 2. The number of rotatable bonds is 7. The number of carbonyl (C=O) groups excluding carboxylic acids is 3. The lowest BCUT2D eigenvalue weighted by Crippen LogP contribution is -2.35. The average molecular weight is 400 g/mol. The molecule has 0 saturated heterocycles. The van der Waals surface area contributed by atoms with Gasteiger partial charge in [-0.05, 0) is 17.7 Å². The molecule has 3 rings (SSSR count). The summed E-state index contributed by atoms with van der Waals surface area (Å²) in [5.41, 5.74) is 1.68. The molecule has 1 aromatic heterocycles. The second-order valence-electron chi connectivity index (χ2n) is 5.53. The topological polar surface area (TPSA) is 85.4 Å². The van der Waals surface area contributed by atoms with Gasteiger partial charge in [-0.15, -0.1) is 11.3 Å². The van der Waals surface area contributed by atoms with Gasteiger partial charge < -0.3 is 4.74 Å². The van der Waals surface area contributed by atoms with E-state index in [4.69, 9.17) is 4.74 Å². The summed E-state index contributed by atoms with van der Waals surface area (Å²) in [6, 6.07) is 16.8. The van der Waals surface area contributed by atoms with Crippen LogP contribution in [0.2, 0.25) is 0 Å². The Morgan fingerprint density at radius 2 is 1.74 bits per heavy atom. The lowest BCUT2D eigenvalue weighted by Gasteiger charge is -2.05. The number of nitrogens with zero attached hydrogens (tertiary/aromatic N) is 1. The van der Waals surface area contributed by atoms with Gasteiger partial charge in [-0.25, -0.2) is 4.98 Å². The predicted octanol–water partition coefficient (Wildman–Crippen LogP) is 2.82. The van der Waals surface area contributed by atoms with Crippen LogP contribution in [-0.2, 0) is 25.5 Å². The first-order valence-corrected chi connectivity index (χ1v) is 9.91. The van der Waals surface area contributed by atoms with E-state index in [-0.39, 0.29) is 12.2 Å². The Kier molecular flexibility index (Phi) is 6.56. The van der Waals surface area contributed by atoms with Gasteiger partial charge in [0.2, 0.25) is 5.91 Å². The van der Waals surface area contributed by atoms with Crippen molar-refractivity contribution < 1.29 is 19.1 Å². The summed E-state index contributed by atoms with van der Waals surface area (Å²) < 4.78 is 6.71. The van der Waals surface area contributed by atoms with Gasteiger partial charge >= 0.3 is 5.97 Å². The van der Waals surface area contributed by atoms with Gasteiger partial charge in [-0.2, -0.15) is 0 Å². The molecule has 0 unspecified atom stereocenters. The maximum Gasteiger partial charge on any atom is 0.316 e. The molecular formula is C19H16N2O4S2. The van der Waals surface area contributed by atoms with Crippen molar-refractivity contribution >= 4 is 51.1 Å². The molecule has 3 aromatic rings. The number of aromatic nitrogens is 1. The summed E-state index contributed by atoms with van der Waals surface area (Å²) in [5.74, 6) is -1.57. The largest absolute Gasteiger partial charge is 0.455 e. The SMILES string of the molecule is O=C(COC(=O)CSc1nc2ccccc2s1)NC(=O)Cc1ccccc1. The van der Waals surface area contributed by atoms with E-state index in [0.717, 1.165) is 20.1 Å². The molecule has 0 fully saturated rings. The van der Waals surface area contributed by atoms with Crippen molar-refractivity contribution in [2.45, 2.75) is 10.8 Å². The number of nitrogens with one attached hydrogen (secondary N) is 1. The Bertz CT molecular complexity index is 924. The van der Waals surface area contributed by atoms with E-state index in [1.165, 1.54) is 23.1 Å². The van der Waals surface area contributed by atoms with Gasteiger partial charge in [0.1, 0.15) is 0 Å². The molecule has 0 atom stereocenters. The fraction of sp³-hybridized carbons (Fsp3) is 0.158. The highest BCUT2D eigenvalue weighted by Crippen LogP contribution is 2.29. The lowest BCUT2D eigenvalue weighted by molar-refractivity contribution is -0.147. The highest BCUT2D eigenvalue weighted by atomic mass is 32.2. The fourth-order valence-corrected chi connectivity index (χ4v) is 4.10. The molecule has 1 N–H and O–H groups in total. The lowest BCUT2D eigenvalue weighted by atomic mass is 10.1. The molecule has 0 aliphatic heterocycles. The number of imide groups is 1. The maximum atomic E-state index is 11.8. The fourth-order valence-electron chi connectivity index (χ4n) is 2.24. The van der Waals surface area contributed by atoms with Crippen LogP contribution in [-0.4, -0.2) is 35.1 Å². The minimum Gasteiger partial charge on any atom is -0.455 e. The number of ether oxygens (including phenoxy) is 1. The number of esters is 1. The van der Waals surface area contributed by atoms with Crippen LogP contribution in [0, 0.1) is 0 Å². The van der Waals surface area contributed by atoms with E-state index in [1.54, 1.807) is 12.1 Å². The van der Waals surface area contributed by atoms with Crippen molar-refractivity contribution in [1.29, 1.82) is 0 Å². The first kappa shape index (κ1) is 19.1. The van der Waals surface area contributed by atoms with Crippen LogP contribution in [0.5, 0.6) is 0 Å². The van der Waals surface area contributed by atoms with E-state index in [2.05, 4.69) is 10.3 Å². The molecule has 0 saturated carbocycles. The molecule has 0 radical (unpaired) electrons. The summed E-state index contributed by atoms with van der Waals surface area (Å²) in [6.07, 6.45) is 0.0913. The maximum absolute atomic E-state index is 11.8. The zero-order valence-corrected chi connectivity index (χ0v) is 15.8. The summed E-state index contributed by atoms with van der Waals surface area (Å²) >= 11 is 2.75. The Labute approximate surface area is 163 Å². The van der Waals surface area contributed by atoms with Gasteiger partial charge in [-0.1, -0.05) is 54.2 Å². The van der Waals surface area contributed by atoms with Gasteiger partial charge in [0.15, 0.2) is 10.9 Å². The predicted molar refractivity (Wildman–Crippen MR) is 105 cm³/mol. The number of hydrogen-bond acceptors (Lipinski definition) is 7. The van der Waals surface area contributed by atoms with E-state index < -0.39 is 24.4 Å². The van der Waals surface area contributed by atoms with Gasteiger partial charge in [-0.3, -0.25) is 19.7 Å². The third kappa shape index (κ3) is 5.90. The molecule has 8 heteroatoms. The zero-order valence-electron chi connectivity index (χ0n) is 14.2. The quantitative estimate of drug-likeness (QED) is 0.485. The molecule has 6 nitrogen and oxygen atoms in total. The number of amides is 2. The monoisotopic (exact) mass is 400 g/mol. The minimum atomic E-state index is -0.644. The smallest absolute Gasteiger partial charge is 0.316 e. The Morgan fingerprint density at radius 1 is 1.00 bits per heavy atom. The number of para-hydroxylation sites is 1. The van der Waals surface area contributed by atoms with Crippen LogP contribution < -0.4 is 5.32 Å². The van der Waals surface area contributed by atoms with Gasteiger partial charge in [0, 0.05) is 0 Å². The second kappa shape index (κ2) is 9.29. The van der Waals surface area contributed by atoms with Crippen LogP contribution in [0.1, 0.15) is 5.56 Å². The summed E-state index contributed by atoms with van der Waals surface area (Å²) in [7, 11) is 0. The third-order valence-electron chi connectivity index (χ3n) is 3.44. The number of fused-ring (bicyclic) bond motifs is 1. The first-order valence-electron chi connectivity index (χ1n) is 8.11. The molecule has 138 valence electrons. The highest BCUT2D eigenvalue weighted by Gasteiger charge is 2.13. The van der Waals surface area contributed by atoms with E-state index in [1.807, 2.05) is 42.5 Å². The van der Waals surface area contributed by atoms with Gasteiger partial charge in [0.25, 0.3) is 5.91 Å². The molecule has 2 aromatic carbocycles. The van der Waals surface area contributed by atoms with E-state index >= 15 is 0 Å². The molecule has 1 heterocycles. The van der Waals surface area contributed by atoms with Crippen molar-refractivity contribution in [2.24, 2.45) is 0 Å². The van der Waals surface area contributed by atoms with Crippen molar-refractivity contribution in [1.82, 2.24) is 10.3 Å². The second-order valence-corrected chi connectivity index (χ2v) is 7.78. The zero-order chi connectivity index (χ0) is 19.1. The number of carbonyl (C=O) groups is 3. The van der Waals surface area contributed by atoms with E-state index in [9.17, 15) is 14.4 Å². The van der Waals surface area contributed by atoms with E-state index in [0.29, 0.717) is 0 Å². The Hall–Kier alpha value is -2.71. The van der Waals surface area contributed by atoms with Crippen molar-refractivity contribution in [3.8, 4) is 0 Å². The van der Waals surface area contributed by atoms with Crippen molar-refractivity contribution in [3.05, 3.63) is 60.2 Å². The third-order valence-corrected chi connectivity index (χ3v) is 5.59. The summed E-state index contributed by atoms with van der Waals surface area (Å²) in [5, 5.41) is 2.20. The molecule has 0 spiro atoms. The number of thioether (sulfide) groups is 1. The standard InChI is InChI=1S/C19H16N2O4S2/c22-16(10-13-6-2-1-3-7-13)21-17(23)11-25-18(24)12-26-19-20-14-8-4-5-9-15(14)27-19/h1-9H,10-12H2,(H,21,22,23). The summed E-state index contributed by atoms with van der Waals surface area (Å²) in [4.78, 5) is 39.7. The van der Waals surface area contributed by atoms with Crippen molar-refractivity contribution in [2.75, 3.05) is 12.4 Å². The van der Waals surface area contributed by atoms with Crippen LogP contribution >= 0.6 is 23.1 Å². The van der Waals surface area contributed by atoms with Crippen molar-refractivity contribution in [3.63, 3.8) is 0 Å². The normalized spacial score (nSPS) is 10.5. The molecule has 0 aliphatic carbocycles. The molecule has 0 bridgehead atoms. The van der Waals surface area contributed by atoms with Gasteiger partial charge in [0.05, 0.1) is 22.4 Å². The van der Waals surface area contributed by atoms with Crippen LogP contribution in [0.15, 0.2) is 58.9 Å². The van der Waals surface area contributed by atoms with Crippen LogP contribution in [0.4, 0.5) is 0 Å². The molecule has 27 heavy (non-hydrogen) atoms. The highest BCUT2D eigenvalue weighted by molar-refractivity contribution is 8.01. The summed E-state index contributed by atoms with van der Waals surface area (Å²) in [6.45, 7) is -0.486. The molecular weight excluding hydrogens is 384 g/mol. The molecule has 2 amide bonds. The Morgan fingerprint density at radius 3 is 2.52 bits per heavy atom. The minimum absolute atomic E-state index is 0.0467. The van der Waals surface area contributed by atoms with Crippen LogP contribution in [0.25, 0.3) is 10.2 Å². The average Bonchev–Trinajstić information content (AvgIpc) is 3.08. The van der Waals surface area contributed by atoms with Crippen LogP contribution in [0.3, 0.4) is 0 Å². The number of thiazole rings is 1.